The van der Waals surface area contributed by atoms with Crippen LogP contribution < -0.4 is 5.32 Å². The molecule has 0 atom stereocenters. The molecule has 1 aliphatic heterocycles. The quantitative estimate of drug-likeness (QED) is 0.909. The molecule has 2 nitrogen and oxygen atoms in total. The van der Waals surface area contributed by atoms with Gasteiger partial charge in [0.25, 0.3) is 0 Å². The first kappa shape index (κ1) is 14.1. The molecule has 1 aliphatic carbocycles. The monoisotopic (exact) mass is 272 g/mol. The van der Waals surface area contributed by atoms with E-state index in [0.717, 1.165) is 0 Å². The minimum absolute atomic E-state index is 0.447. The van der Waals surface area contributed by atoms with Gasteiger partial charge in [-0.25, -0.2) is 0 Å². The highest BCUT2D eigenvalue weighted by Gasteiger charge is 2.36. The number of hydrogen-bond acceptors (Lipinski definition) is 2. The molecule has 0 unspecified atom stereocenters. The van der Waals surface area contributed by atoms with Crippen molar-refractivity contribution in [2.45, 2.75) is 51.0 Å². The van der Waals surface area contributed by atoms with Crippen LogP contribution in [0, 0.1) is 6.92 Å². The van der Waals surface area contributed by atoms with Gasteiger partial charge in [0.2, 0.25) is 0 Å². The first-order chi connectivity index (χ1) is 9.77. The van der Waals surface area contributed by atoms with Gasteiger partial charge in [-0.05, 0) is 56.8 Å². The second kappa shape index (κ2) is 6.28. The van der Waals surface area contributed by atoms with Crippen LogP contribution >= 0.6 is 0 Å². The molecule has 1 saturated carbocycles. The van der Waals surface area contributed by atoms with E-state index in [2.05, 4.69) is 41.4 Å². The molecule has 0 bridgehead atoms. The maximum Gasteiger partial charge on any atom is 0.0308 e. The van der Waals surface area contributed by atoms with Crippen LogP contribution in [0.5, 0.6) is 0 Å². The third kappa shape index (κ3) is 3.24. The summed E-state index contributed by atoms with van der Waals surface area (Å²) < 4.78 is 0. The molecular weight excluding hydrogens is 244 g/mol. The van der Waals surface area contributed by atoms with Crippen molar-refractivity contribution in [1.29, 1.82) is 0 Å². The lowest BCUT2D eigenvalue weighted by molar-refractivity contribution is 0.212. The number of aryl methyl sites for hydroxylation is 1. The van der Waals surface area contributed by atoms with Gasteiger partial charge in [-0.3, -0.25) is 0 Å². The summed E-state index contributed by atoms with van der Waals surface area (Å²) in [5, 5.41) is 3.85. The van der Waals surface area contributed by atoms with Crippen LogP contribution in [0.4, 0.5) is 0 Å². The van der Waals surface area contributed by atoms with Gasteiger partial charge >= 0.3 is 0 Å². The predicted molar refractivity (Wildman–Crippen MR) is 85.1 cm³/mol. The first-order valence-electron chi connectivity index (χ1n) is 8.29. The topological polar surface area (TPSA) is 15.3 Å². The Morgan fingerprint density at radius 1 is 1.15 bits per heavy atom. The summed E-state index contributed by atoms with van der Waals surface area (Å²) in [7, 11) is 0. The molecule has 1 spiro atoms. The Bertz CT molecular complexity index is 435. The van der Waals surface area contributed by atoms with E-state index in [1.807, 2.05) is 0 Å². The van der Waals surface area contributed by atoms with Gasteiger partial charge in [0.05, 0.1) is 0 Å². The summed E-state index contributed by atoms with van der Waals surface area (Å²) >= 11 is 0. The number of hydrogen-bond donors (Lipinski definition) is 1. The molecule has 1 aromatic carbocycles. The molecule has 20 heavy (non-hydrogen) atoms. The molecule has 0 amide bonds. The van der Waals surface area contributed by atoms with E-state index < -0.39 is 0 Å². The summed E-state index contributed by atoms with van der Waals surface area (Å²) in [4.78, 5) is 2.71. The molecule has 0 aromatic heterocycles. The van der Waals surface area contributed by atoms with Crippen molar-refractivity contribution in [3.63, 3.8) is 0 Å². The van der Waals surface area contributed by atoms with Crippen molar-refractivity contribution in [2.75, 3.05) is 26.2 Å². The zero-order valence-corrected chi connectivity index (χ0v) is 12.8. The fraction of sp³-hybridized carbons (Fsp3) is 0.667. The summed E-state index contributed by atoms with van der Waals surface area (Å²) in [5.41, 5.74) is 3.41. The van der Waals surface area contributed by atoms with E-state index in [9.17, 15) is 0 Å². The van der Waals surface area contributed by atoms with Crippen LogP contribution in [-0.2, 0) is 6.42 Å². The maximum atomic E-state index is 3.85. The van der Waals surface area contributed by atoms with Crippen LogP contribution in [0.3, 0.4) is 0 Å². The molecule has 0 radical (unpaired) electrons. The highest BCUT2D eigenvalue weighted by Crippen LogP contribution is 2.31. The van der Waals surface area contributed by atoms with E-state index in [1.54, 1.807) is 0 Å². The molecule has 2 heteroatoms. The van der Waals surface area contributed by atoms with Crippen molar-refractivity contribution >= 4 is 0 Å². The van der Waals surface area contributed by atoms with E-state index in [0.29, 0.717) is 5.54 Å². The Kier molecular flexibility index (Phi) is 4.42. The van der Waals surface area contributed by atoms with Crippen LogP contribution in [0.2, 0.25) is 0 Å². The Hall–Kier alpha value is -0.860. The minimum atomic E-state index is 0.447. The van der Waals surface area contributed by atoms with E-state index in [1.165, 1.54) is 75.8 Å². The van der Waals surface area contributed by atoms with Crippen LogP contribution in [0.1, 0.15) is 43.2 Å². The average Bonchev–Trinajstić information content (AvgIpc) is 2.80. The third-order valence-electron chi connectivity index (χ3n) is 5.20. The normalized spacial score (nSPS) is 23.1. The molecule has 1 aromatic rings. The van der Waals surface area contributed by atoms with Gasteiger partial charge in [-0.15, -0.1) is 0 Å². The molecule has 2 fully saturated rings. The SMILES string of the molecule is Cc1ccccc1CCN1CCCNC2(CCCC2)C1. The molecule has 1 N–H and O–H groups in total. The minimum Gasteiger partial charge on any atom is -0.310 e. The lowest BCUT2D eigenvalue weighted by atomic mass is 9.97. The second-order valence-electron chi connectivity index (χ2n) is 6.72. The van der Waals surface area contributed by atoms with Crippen LogP contribution in [0.25, 0.3) is 0 Å². The summed E-state index contributed by atoms with van der Waals surface area (Å²) in [6.07, 6.45) is 8.09. The van der Waals surface area contributed by atoms with Crippen molar-refractivity contribution in [2.24, 2.45) is 0 Å². The number of rotatable bonds is 3. The fourth-order valence-corrected chi connectivity index (χ4v) is 3.97. The van der Waals surface area contributed by atoms with Gasteiger partial charge in [-0.2, -0.15) is 0 Å². The van der Waals surface area contributed by atoms with Crippen molar-refractivity contribution in [3.05, 3.63) is 35.4 Å². The summed E-state index contributed by atoms with van der Waals surface area (Å²) in [6.45, 7) is 7.19. The van der Waals surface area contributed by atoms with E-state index >= 15 is 0 Å². The smallest absolute Gasteiger partial charge is 0.0308 e. The van der Waals surface area contributed by atoms with Gasteiger partial charge in [0.1, 0.15) is 0 Å². The number of nitrogens with one attached hydrogen (secondary N) is 1. The lowest BCUT2D eigenvalue weighted by Gasteiger charge is -2.33. The lowest BCUT2D eigenvalue weighted by Crippen LogP contribution is -2.49. The fourth-order valence-electron chi connectivity index (χ4n) is 3.97. The van der Waals surface area contributed by atoms with Gasteiger partial charge in [0.15, 0.2) is 0 Å². The number of benzene rings is 1. The molecule has 3 rings (SSSR count). The molecule has 1 heterocycles. The summed E-state index contributed by atoms with van der Waals surface area (Å²) in [6, 6.07) is 8.83. The highest BCUT2D eigenvalue weighted by molar-refractivity contribution is 5.25. The Balaban J connectivity index is 1.60. The Labute approximate surface area is 123 Å². The Morgan fingerprint density at radius 3 is 2.75 bits per heavy atom. The summed E-state index contributed by atoms with van der Waals surface area (Å²) in [5.74, 6) is 0. The van der Waals surface area contributed by atoms with Gasteiger partial charge < -0.3 is 10.2 Å². The first-order valence-corrected chi connectivity index (χ1v) is 8.29. The zero-order chi connectivity index (χ0) is 13.8. The predicted octanol–water partition coefficient (Wildman–Crippen LogP) is 3.15. The van der Waals surface area contributed by atoms with Gasteiger partial charge in [-0.1, -0.05) is 37.1 Å². The van der Waals surface area contributed by atoms with Crippen molar-refractivity contribution in [1.82, 2.24) is 10.2 Å². The maximum absolute atomic E-state index is 3.85. The molecule has 110 valence electrons. The Morgan fingerprint density at radius 2 is 1.95 bits per heavy atom. The zero-order valence-electron chi connectivity index (χ0n) is 12.8. The highest BCUT2D eigenvalue weighted by atomic mass is 15.2. The van der Waals surface area contributed by atoms with E-state index in [4.69, 9.17) is 0 Å². The largest absolute Gasteiger partial charge is 0.310 e. The standard InChI is InChI=1S/C18H28N2/c1-16-7-2-3-8-17(16)9-14-20-13-6-12-19-18(15-20)10-4-5-11-18/h2-3,7-8,19H,4-6,9-15H2,1H3. The third-order valence-corrected chi connectivity index (χ3v) is 5.20. The number of nitrogens with zero attached hydrogens (tertiary/aromatic N) is 1. The van der Waals surface area contributed by atoms with Crippen LogP contribution in [0.15, 0.2) is 24.3 Å². The molecular formula is C18H28N2. The van der Waals surface area contributed by atoms with Crippen molar-refractivity contribution < 1.29 is 0 Å². The second-order valence-corrected chi connectivity index (χ2v) is 6.72. The van der Waals surface area contributed by atoms with E-state index in [-0.39, 0.29) is 0 Å². The van der Waals surface area contributed by atoms with Gasteiger partial charge in [0, 0.05) is 18.6 Å². The average molecular weight is 272 g/mol. The van der Waals surface area contributed by atoms with Crippen molar-refractivity contribution in [3.8, 4) is 0 Å². The van der Waals surface area contributed by atoms with Crippen LogP contribution in [-0.4, -0.2) is 36.6 Å². The molecule has 2 aliphatic rings. The molecule has 1 saturated heterocycles.